The Morgan fingerprint density at radius 3 is 2.50 bits per heavy atom. The van der Waals surface area contributed by atoms with Gasteiger partial charge in [-0.2, -0.15) is 0 Å². The second kappa shape index (κ2) is 5.63. The van der Waals surface area contributed by atoms with E-state index in [1.807, 2.05) is 6.07 Å². The van der Waals surface area contributed by atoms with Crippen LogP contribution in [-0.2, 0) is 9.84 Å². The Bertz CT molecular complexity index is 763. The largest absolute Gasteiger partial charge is 0.396 e. The first kappa shape index (κ1) is 15.2. The van der Waals surface area contributed by atoms with E-state index in [1.165, 1.54) is 6.07 Å². The smallest absolute Gasteiger partial charge is 0.177 e. The summed E-state index contributed by atoms with van der Waals surface area (Å²) in [5.74, 6) is 0. The average Bonchev–Trinajstić information content (AvgIpc) is 2.33. The van der Waals surface area contributed by atoms with E-state index in [2.05, 4.69) is 21.2 Å². The summed E-state index contributed by atoms with van der Waals surface area (Å²) in [6, 6.07) is 10.1. The van der Waals surface area contributed by atoms with Gasteiger partial charge in [0.25, 0.3) is 0 Å². The average molecular weight is 376 g/mol. The van der Waals surface area contributed by atoms with Crippen LogP contribution < -0.4 is 11.1 Å². The SMILES string of the molecule is CS(=O)(=O)c1cccc(Nc2ccc(Br)cc2Cl)c1N. The molecule has 0 aliphatic heterocycles. The second-order valence-electron chi connectivity index (χ2n) is 4.24. The highest BCUT2D eigenvalue weighted by Gasteiger charge is 2.14. The second-order valence-corrected chi connectivity index (χ2v) is 7.55. The third-order valence-electron chi connectivity index (χ3n) is 2.67. The van der Waals surface area contributed by atoms with Gasteiger partial charge in [-0.05, 0) is 30.3 Å². The minimum atomic E-state index is -3.37. The number of benzene rings is 2. The summed E-state index contributed by atoms with van der Waals surface area (Å²) in [5.41, 5.74) is 7.22. The lowest BCUT2D eigenvalue weighted by atomic mass is 10.2. The highest BCUT2D eigenvalue weighted by molar-refractivity contribution is 9.10. The molecule has 2 rings (SSSR count). The first-order chi connectivity index (χ1) is 9.29. The molecule has 0 bridgehead atoms. The summed E-state index contributed by atoms with van der Waals surface area (Å²) in [4.78, 5) is 0.0933. The van der Waals surface area contributed by atoms with E-state index in [1.54, 1.807) is 24.3 Å². The van der Waals surface area contributed by atoms with Crippen LogP contribution in [-0.4, -0.2) is 14.7 Å². The van der Waals surface area contributed by atoms with Crippen molar-refractivity contribution >= 4 is 54.4 Å². The van der Waals surface area contributed by atoms with Crippen LogP contribution >= 0.6 is 27.5 Å². The zero-order valence-corrected chi connectivity index (χ0v) is 13.7. The predicted molar refractivity (Wildman–Crippen MR) is 86.4 cm³/mol. The van der Waals surface area contributed by atoms with E-state index in [-0.39, 0.29) is 10.6 Å². The monoisotopic (exact) mass is 374 g/mol. The molecule has 0 radical (unpaired) electrons. The zero-order chi connectivity index (χ0) is 14.9. The number of halogens is 2. The molecule has 0 aliphatic rings. The van der Waals surface area contributed by atoms with Crippen molar-refractivity contribution in [1.29, 1.82) is 0 Å². The first-order valence-electron chi connectivity index (χ1n) is 5.59. The van der Waals surface area contributed by atoms with Crippen LogP contribution in [0.25, 0.3) is 0 Å². The Kier molecular flexibility index (Phi) is 4.27. The molecule has 7 heteroatoms. The molecule has 0 saturated heterocycles. The molecule has 0 aliphatic carbocycles. The topological polar surface area (TPSA) is 72.2 Å². The van der Waals surface area contributed by atoms with Crippen molar-refractivity contribution in [3.8, 4) is 0 Å². The summed E-state index contributed by atoms with van der Waals surface area (Å²) in [5, 5.41) is 3.54. The summed E-state index contributed by atoms with van der Waals surface area (Å²) in [6.45, 7) is 0. The van der Waals surface area contributed by atoms with Gasteiger partial charge in [0.15, 0.2) is 9.84 Å². The fourth-order valence-electron chi connectivity index (χ4n) is 1.71. The van der Waals surface area contributed by atoms with Crippen LogP contribution in [0.4, 0.5) is 17.1 Å². The van der Waals surface area contributed by atoms with Crippen molar-refractivity contribution in [1.82, 2.24) is 0 Å². The van der Waals surface area contributed by atoms with Gasteiger partial charge in [-0.3, -0.25) is 0 Å². The first-order valence-corrected chi connectivity index (χ1v) is 8.66. The Hall–Kier alpha value is -1.24. The number of anilines is 3. The summed E-state index contributed by atoms with van der Waals surface area (Å²) in [6.07, 6.45) is 1.12. The molecule has 0 fully saturated rings. The number of para-hydroxylation sites is 1. The molecular formula is C13H12BrClN2O2S. The van der Waals surface area contributed by atoms with Crippen molar-refractivity contribution in [3.05, 3.63) is 45.9 Å². The van der Waals surface area contributed by atoms with Crippen LogP contribution in [0, 0.1) is 0 Å². The van der Waals surface area contributed by atoms with Crippen LogP contribution in [0.2, 0.25) is 5.02 Å². The molecule has 3 N–H and O–H groups in total. The van der Waals surface area contributed by atoms with Crippen molar-refractivity contribution in [2.75, 3.05) is 17.3 Å². The molecule has 2 aromatic rings. The maximum atomic E-state index is 11.6. The molecule has 20 heavy (non-hydrogen) atoms. The lowest BCUT2D eigenvalue weighted by Gasteiger charge is -2.13. The Morgan fingerprint density at radius 2 is 1.90 bits per heavy atom. The number of sulfone groups is 1. The molecule has 0 atom stereocenters. The van der Waals surface area contributed by atoms with Gasteiger partial charge in [-0.25, -0.2) is 8.42 Å². The van der Waals surface area contributed by atoms with Gasteiger partial charge in [0.2, 0.25) is 0 Å². The number of hydrogen-bond donors (Lipinski definition) is 2. The van der Waals surface area contributed by atoms with Gasteiger partial charge in [0.1, 0.15) is 0 Å². The maximum absolute atomic E-state index is 11.6. The van der Waals surface area contributed by atoms with Crippen molar-refractivity contribution in [3.63, 3.8) is 0 Å². The predicted octanol–water partition coefficient (Wildman–Crippen LogP) is 3.83. The molecule has 0 aromatic heterocycles. The third kappa shape index (κ3) is 3.26. The molecule has 4 nitrogen and oxygen atoms in total. The fourth-order valence-corrected chi connectivity index (χ4v) is 3.27. The molecule has 0 heterocycles. The summed E-state index contributed by atoms with van der Waals surface area (Å²) >= 11 is 9.43. The van der Waals surface area contributed by atoms with Gasteiger partial charge in [0, 0.05) is 10.7 Å². The Balaban J connectivity index is 2.45. The van der Waals surface area contributed by atoms with Crippen LogP contribution in [0.5, 0.6) is 0 Å². The Morgan fingerprint density at radius 1 is 1.20 bits per heavy atom. The number of nitrogens with one attached hydrogen (secondary N) is 1. The number of hydrogen-bond acceptors (Lipinski definition) is 4. The minimum Gasteiger partial charge on any atom is -0.396 e. The quantitative estimate of drug-likeness (QED) is 0.800. The number of rotatable bonds is 3. The van der Waals surface area contributed by atoms with Gasteiger partial charge in [0.05, 0.1) is 27.0 Å². The molecule has 0 saturated carbocycles. The third-order valence-corrected chi connectivity index (χ3v) is 4.63. The number of nitrogens with two attached hydrogens (primary N) is 1. The fraction of sp³-hybridized carbons (Fsp3) is 0.0769. The van der Waals surface area contributed by atoms with Crippen molar-refractivity contribution < 1.29 is 8.42 Å². The highest BCUT2D eigenvalue weighted by atomic mass is 79.9. The van der Waals surface area contributed by atoms with E-state index in [0.717, 1.165) is 10.7 Å². The van der Waals surface area contributed by atoms with Crippen LogP contribution in [0.3, 0.4) is 0 Å². The lowest BCUT2D eigenvalue weighted by molar-refractivity contribution is 0.602. The molecule has 2 aromatic carbocycles. The van der Waals surface area contributed by atoms with Crippen molar-refractivity contribution in [2.45, 2.75) is 4.90 Å². The molecule has 0 spiro atoms. The lowest BCUT2D eigenvalue weighted by Crippen LogP contribution is -2.05. The van der Waals surface area contributed by atoms with Gasteiger partial charge in [-0.15, -0.1) is 0 Å². The minimum absolute atomic E-state index is 0.0933. The number of nitrogen functional groups attached to an aromatic ring is 1. The molecule has 0 unspecified atom stereocenters. The van der Waals surface area contributed by atoms with E-state index in [9.17, 15) is 8.42 Å². The van der Waals surface area contributed by atoms with E-state index in [4.69, 9.17) is 17.3 Å². The molecule has 106 valence electrons. The highest BCUT2D eigenvalue weighted by Crippen LogP contribution is 2.33. The van der Waals surface area contributed by atoms with Crippen molar-refractivity contribution in [2.24, 2.45) is 0 Å². The molecule has 0 amide bonds. The normalized spacial score (nSPS) is 11.3. The summed E-state index contributed by atoms with van der Waals surface area (Å²) in [7, 11) is -3.37. The maximum Gasteiger partial charge on any atom is 0.177 e. The zero-order valence-electron chi connectivity index (χ0n) is 10.5. The van der Waals surface area contributed by atoms with Gasteiger partial charge < -0.3 is 11.1 Å². The molecular weight excluding hydrogens is 364 g/mol. The van der Waals surface area contributed by atoms with E-state index in [0.29, 0.717) is 16.4 Å². The van der Waals surface area contributed by atoms with Gasteiger partial charge in [-0.1, -0.05) is 33.6 Å². The van der Waals surface area contributed by atoms with Crippen LogP contribution in [0.1, 0.15) is 0 Å². The standard InChI is InChI=1S/C13H12BrClN2O2S/c1-20(18,19)12-4-2-3-11(13(12)16)17-10-6-5-8(14)7-9(10)15/h2-7,17H,16H2,1H3. The van der Waals surface area contributed by atoms with E-state index >= 15 is 0 Å². The van der Waals surface area contributed by atoms with Gasteiger partial charge >= 0.3 is 0 Å². The van der Waals surface area contributed by atoms with E-state index < -0.39 is 9.84 Å². The Labute approximate surface area is 131 Å². The van der Waals surface area contributed by atoms with Crippen LogP contribution in [0.15, 0.2) is 45.8 Å². The summed E-state index contributed by atoms with van der Waals surface area (Å²) < 4.78 is 24.1.